The van der Waals surface area contributed by atoms with Crippen molar-refractivity contribution in [1.82, 2.24) is 10.3 Å². The Balaban J connectivity index is 1.53. The molecule has 4 rings (SSSR count). The third-order valence-electron chi connectivity index (χ3n) is 4.72. The molecule has 0 aliphatic heterocycles. The van der Waals surface area contributed by atoms with Crippen LogP contribution in [0.3, 0.4) is 0 Å². The molecular weight excluding hydrogens is 314 g/mol. The quantitative estimate of drug-likeness (QED) is 0.510. The van der Waals surface area contributed by atoms with Gasteiger partial charge in [0.25, 0.3) is 0 Å². The molecule has 0 atom stereocenters. The molecule has 1 fully saturated rings. The molecule has 0 amide bonds. The summed E-state index contributed by atoms with van der Waals surface area (Å²) in [7, 11) is 0. The summed E-state index contributed by atoms with van der Waals surface area (Å²) in [6.45, 7) is 0. The van der Waals surface area contributed by atoms with Crippen LogP contribution in [0.25, 0.3) is 21.8 Å². The smallest absolute Gasteiger partial charge is 0.170 e. The van der Waals surface area contributed by atoms with Crippen molar-refractivity contribution in [3.63, 3.8) is 0 Å². The van der Waals surface area contributed by atoms with E-state index in [1.54, 1.807) is 0 Å². The minimum atomic E-state index is 0.515. The number of nitrogens with zero attached hydrogens (tertiary/aromatic N) is 1. The van der Waals surface area contributed by atoms with Crippen molar-refractivity contribution in [1.29, 1.82) is 0 Å². The summed E-state index contributed by atoms with van der Waals surface area (Å²) in [6.07, 6.45) is 6.38. The van der Waals surface area contributed by atoms with Crippen LogP contribution in [-0.4, -0.2) is 16.1 Å². The summed E-state index contributed by atoms with van der Waals surface area (Å²) in [4.78, 5) is 4.76. The van der Waals surface area contributed by atoms with E-state index in [0.717, 1.165) is 22.1 Å². The second-order valence-corrected chi connectivity index (χ2v) is 6.93. The van der Waals surface area contributed by atoms with Gasteiger partial charge in [-0.1, -0.05) is 43.5 Å². The Morgan fingerprint density at radius 1 is 0.917 bits per heavy atom. The van der Waals surface area contributed by atoms with Crippen LogP contribution in [0.15, 0.2) is 48.5 Å². The van der Waals surface area contributed by atoms with E-state index in [9.17, 15) is 0 Å². The van der Waals surface area contributed by atoms with E-state index in [1.165, 1.54) is 37.5 Å². The number of fused-ring (bicyclic) bond motifs is 2. The predicted molar refractivity (Wildman–Crippen MR) is 105 cm³/mol. The van der Waals surface area contributed by atoms with Gasteiger partial charge in [-0.05, 0) is 49.3 Å². The van der Waals surface area contributed by atoms with Crippen molar-refractivity contribution in [3.8, 4) is 0 Å². The van der Waals surface area contributed by atoms with Crippen molar-refractivity contribution in [2.45, 2.75) is 38.1 Å². The highest BCUT2D eigenvalue weighted by molar-refractivity contribution is 7.80. The summed E-state index contributed by atoms with van der Waals surface area (Å²) in [5.41, 5.74) is 2.99. The molecule has 0 spiro atoms. The molecule has 1 aliphatic rings. The number of hydrogen-bond donors (Lipinski definition) is 2. The molecule has 1 heterocycles. The molecule has 0 bridgehead atoms. The third-order valence-corrected chi connectivity index (χ3v) is 4.94. The van der Waals surface area contributed by atoms with E-state index in [1.807, 2.05) is 18.2 Å². The first kappa shape index (κ1) is 15.3. The van der Waals surface area contributed by atoms with Crippen molar-refractivity contribution >= 4 is 44.8 Å². The lowest BCUT2D eigenvalue weighted by molar-refractivity contribution is 0.415. The van der Waals surface area contributed by atoms with Gasteiger partial charge in [-0.2, -0.15) is 0 Å². The fraction of sp³-hybridized carbons (Fsp3) is 0.300. The number of thiocarbonyl (C=S) groups is 1. The van der Waals surface area contributed by atoms with Gasteiger partial charge in [-0.15, -0.1) is 0 Å². The first-order valence-corrected chi connectivity index (χ1v) is 9.06. The van der Waals surface area contributed by atoms with Crippen molar-refractivity contribution in [2.75, 3.05) is 5.32 Å². The Bertz CT molecular complexity index is 884. The van der Waals surface area contributed by atoms with E-state index in [4.69, 9.17) is 17.2 Å². The van der Waals surface area contributed by atoms with Gasteiger partial charge in [0.05, 0.1) is 11.0 Å². The molecule has 122 valence electrons. The monoisotopic (exact) mass is 335 g/mol. The van der Waals surface area contributed by atoms with Gasteiger partial charge < -0.3 is 10.6 Å². The number of aromatic nitrogens is 1. The summed E-state index contributed by atoms with van der Waals surface area (Å²) < 4.78 is 0. The summed E-state index contributed by atoms with van der Waals surface area (Å²) >= 11 is 5.47. The Labute approximate surface area is 147 Å². The van der Waals surface area contributed by atoms with Crippen LogP contribution in [-0.2, 0) is 0 Å². The maximum Gasteiger partial charge on any atom is 0.170 e. The lowest BCUT2D eigenvalue weighted by Gasteiger charge is -2.24. The maximum absolute atomic E-state index is 5.47. The van der Waals surface area contributed by atoms with Crippen LogP contribution in [0.5, 0.6) is 0 Å². The third kappa shape index (κ3) is 3.34. The Morgan fingerprint density at radius 2 is 1.71 bits per heavy atom. The molecule has 0 unspecified atom stereocenters. The van der Waals surface area contributed by atoms with E-state index in [-0.39, 0.29) is 0 Å². The minimum absolute atomic E-state index is 0.515. The predicted octanol–water partition coefficient (Wildman–Crippen LogP) is 5.01. The van der Waals surface area contributed by atoms with Crippen LogP contribution in [0.2, 0.25) is 0 Å². The molecule has 3 nitrogen and oxygen atoms in total. The summed E-state index contributed by atoms with van der Waals surface area (Å²) in [6, 6.07) is 17.1. The Kier molecular flexibility index (Phi) is 4.30. The lowest BCUT2D eigenvalue weighted by atomic mass is 9.96. The molecule has 2 N–H and O–H groups in total. The van der Waals surface area contributed by atoms with Crippen molar-refractivity contribution in [3.05, 3.63) is 48.5 Å². The molecule has 1 aromatic heterocycles. The fourth-order valence-electron chi connectivity index (χ4n) is 3.45. The van der Waals surface area contributed by atoms with Crippen LogP contribution in [0.4, 0.5) is 5.69 Å². The Hall–Kier alpha value is -2.20. The molecular formula is C20H21N3S. The average molecular weight is 335 g/mol. The van der Waals surface area contributed by atoms with Gasteiger partial charge in [0.1, 0.15) is 0 Å². The second-order valence-electron chi connectivity index (χ2n) is 6.52. The van der Waals surface area contributed by atoms with Gasteiger partial charge in [-0.25, -0.2) is 4.98 Å². The fourth-order valence-corrected chi connectivity index (χ4v) is 3.73. The number of rotatable bonds is 2. The first-order chi connectivity index (χ1) is 11.8. The topological polar surface area (TPSA) is 37.0 Å². The number of nitrogens with one attached hydrogen (secondary N) is 2. The van der Waals surface area contributed by atoms with E-state index < -0.39 is 0 Å². The highest BCUT2D eigenvalue weighted by Crippen LogP contribution is 2.23. The van der Waals surface area contributed by atoms with Crippen LogP contribution < -0.4 is 10.6 Å². The number of para-hydroxylation sites is 1. The SMILES string of the molecule is S=C(Nc1ccc2cc3ccccc3nc2c1)NC1CCCCC1. The largest absolute Gasteiger partial charge is 0.360 e. The number of hydrogen-bond acceptors (Lipinski definition) is 2. The second kappa shape index (κ2) is 6.73. The average Bonchev–Trinajstić information content (AvgIpc) is 2.60. The molecule has 2 aromatic carbocycles. The van der Waals surface area contributed by atoms with Gasteiger partial charge in [-0.3, -0.25) is 0 Å². The van der Waals surface area contributed by atoms with Gasteiger partial charge in [0, 0.05) is 22.5 Å². The van der Waals surface area contributed by atoms with Crippen LogP contribution in [0.1, 0.15) is 32.1 Å². The highest BCUT2D eigenvalue weighted by Gasteiger charge is 2.14. The van der Waals surface area contributed by atoms with E-state index >= 15 is 0 Å². The number of anilines is 1. The van der Waals surface area contributed by atoms with Crippen LogP contribution >= 0.6 is 12.2 Å². The highest BCUT2D eigenvalue weighted by atomic mass is 32.1. The minimum Gasteiger partial charge on any atom is -0.360 e. The maximum atomic E-state index is 5.47. The summed E-state index contributed by atoms with van der Waals surface area (Å²) in [5.74, 6) is 0. The van der Waals surface area contributed by atoms with E-state index in [2.05, 4.69) is 41.0 Å². The zero-order valence-electron chi connectivity index (χ0n) is 13.6. The molecule has 3 aromatic rings. The standard InChI is InChI=1S/C20H21N3S/c24-20(21-16-7-2-1-3-8-16)22-17-11-10-15-12-14-6-4-5-9-18(14)23-19(15)13-17/h4-6,9-13,16H,1-3,7-8H2,(H2,21,22,24). The molecule has 1 saturated carbocycles. The van der Waals surface area contributed by atoms with Crippen molar-refractivity contribution < 1.29 is 0 Å². The van der Waals surface area contributed by atoms with Crippen molar-refractivity contribution in [2.24, 2.45) is 0 Å². The van der Waals surface area contributed by atoms with Crippen LogP contribution in [0, 0.1) is 0 Å². The molecule has 0 saturated heterocycles. The summed E-state index contributed by atoms with van der Waals surface area (Å²) in [5, 5.41) is 9.78. The molecule has 24 heavy (non-hydrogen) atoms. The van der Waals surface area contributed by atoms with Gasteiger partial charge >= 0.3 is 0 Å². The normalized spacial score (nSPS) is 15.5. The number of pyridine rings is 1. The number of benzene rings is 2. The first-order valence-electron chi connectivity index (χ1n) is 8.65. The zero-order valence-corrected chi connectivity index (χ0v) is 14.4. The molecule has 1 aliphatic carbocycles. The Morgan fingerprint density at radius 3 is 2.58 bits per heavy atom. The molecule has 4 heteroatoms. The van der Waals surface area contributed by atoms with Gasteiger partial charge in [0.15, 0.2) is 5.11 Å². The van der Waals surface area contributed by atoms with E-state index in [0.29, 0.717) is 11.2 Å². The lowest BCUT2D eigenvalue weighted by Crippen LogP contribution is -2.38. The van der Waals surface area contributed by atoms with Gasteiger partial charge in [0.2, 0.25) is 0 Å². The molecule has 0 radical (unpaired) electrons. The zero-order chi connectivity index (χ0) is 16.4.